The molecular weight excluding hydrogens is 380 g/mol. The zero-order valence-electron chi connectivity index (χ0n) is 17.9. The molecule has 1 saturated heterocycles. The van der Waals surface area contributed by atoms with Gasteiger partial charge >= 0.3 is 0 Å². The van der Waals surface area contributed by atoms with Crippen LogP contribution in [0.3, 0.4) is 0 Å². The van der Waals surface area contributed by atoms with Crippen LogP contribution in [0, 0.1) is 11.8 Å². The van der Waals surface area contributed by atoms with Gasteiger partial charge in [-0.25, -0.2) is 0 Å². The Hall–Kier alpha value is -2.41. The van der Waals surface area contributed by atoms with Crippen molar-refractivity contribution in [3.05, 3.63) is 35.9 Å². The summed E-state index contributed by atoms with van der Waals surface area (Å²) in [7, 11) is 0. The summed E-state index contributed by atoms with van der Waals surface area (Å²) >= 11 is 0. The molecule has 2 N–H and O–H groups in total. The highest BCUT2D eigenvalue weighted by Gasteiger charge is 2.30. The van der Waals surface area contributed by atoms with Gasteiger partial charge in [-0.3, -0.25) is 14.4 Å². The van der Waals surface area contributed by atoms with Crippen LogP contribution in [0.25, 0.3) is 0 Å². The van der Waals surface area contributed by atoms with Crippen molar-refractivity contribution < 1.29 is 14.4 Å². The van der Waals surface area contributed by atoms with Crippen LogP contribution in [0.2, 0.25) is 0 Å². The van der Waals surface area contributed by atoms with Crippen molar-refractivity contribution in [3.8, 4) is 0 Å². The quantitative estimate of drug-likeness (QED) is 0.709. The fourth-order valence-electron chi connectivity index (χ4n) is 4.33. The van der Waals surface area contributed by atoms with E-state index in [4.69, 9.17) is 0 Å². The van der Waals surface area contributed by atoms with Gasteiger partial charge in [0.15, 0.2) is 0 Å². The molecule has 0 radical (unpaired) electrons. The first-order chi connectivity index (χ1) is 14.6. The van der Waals surface area contributed by atoms with Crippen LogP contribution in [0.4, 0.5) is 0 Å². The molecule has 164 valence electrons. The summed E-state index contributed by atoms with van der Waals surface area (Å²) in [6.45, 7) is 7.44. The zero-order valence-corrected chi connectivity index (χ0v) is 17.9. The van der Waals surface area contributed by atoms with Gasteiger partial charge in [0.05, 0.1) is 6.54 Å². The molecule has 2 aliphatic rings. The van der Waals surface area contributed by atoms with Crippen LogP contribution in [0.1, 0.15) is 43.0 Å². The molecule has 1 aromatic carbocycles. The fourth-order valence-corrected chi connectivity index (χ4v) is 4.33. The Morgan fingerprint density at radius 3 is 2.23 bits per heavy atom. The molecule has 0 spiro atoms. The Labute approximate surface area is 179 Å². The number of hydrogen-bond acceptors (Lipinski definition) is 4. The number of benzene rings is 1. The molecule has 0 unspecified atom stereocenters. The molecule has 0 bridgehead atoms. The van der Waals surface area contributed by atoms with E-state index in [0.29, 0.717) is 23.9 Å². The molecule has 2 fully saturated rings. The predicted molar refractivity (Wildman–Crippen MR) is 116 cm³/mol. The third-order valence-corrected chi connectivity index (χ3v) is 6.36. The van der Waals surface area contributed by atoms with Crippen LogP contribution >= 0.6 is 0 Å². The van der Waals surface area contributed by atoms with Gasteiger partial charge in [-0.05, 0) is 50.3 Å². The van der Waals surface area contributed by atoms with Crippen molar-refractivity contribution in [1.29, 1.82) is 0 Å². The third-order valence-electron chi connectivity index (χ3n) is 6.36. The van der Waals surface area contributed by atoms with Gasteiger partial charge < -0.3 is 20.4 Å². The minimum absolute atomic E-state index is 0.0225. The first kappa shape index (κ1) is 22.3. The summed E-state index contributed by atoms with van der Waals surface area (Å²) < 4.78 is 0. The molecular formula is C23H34N4O3. The molecule has 1 aliphatic heterocycles. The van der Waals surface area contributed by atoms with E-state index in [1.54, 1.807) is 24.3 Å². The Morgan fingerprint density at radius 1 is 0.933 bits per heavy atom. The third kappa shape index (κ3) is 6.29. The lowest BCUT2D eigenvalue weighted by molar-refractivity contribution is -0.138. The highest BCUT2D eigenvalue weighted by atomic mass is 16.2. The van der Waals surface area contributed by atoms with E-state index in [9.17, 15) is 14.4 Å². The molecule has 1 heterocycles. The maximum absolute atomic E-state index is 12.8. The van der Waals surface area contributed by atoms with Gasteiger partial charge in [0.25, 0.3) is 5.91 Å². The summed E-state index contributed by atoms with van der Waals surface area (Å²) in [6.07, 6.45) is 3.72. The van der Waals surface area contributed by atoms with Crippen LogP contribution in [0.15, 0.2) is 30.3 Å². The van der Waals surface area contributed by atoms with Crippen LogP contribution in [-0.2, 0) is 9.59 Å². The topological polar surface area (TPSA) is 81.8 Å². The van der Waals surface area contributed by atoms with Crippen LogP contribution in [0.5, 0.6) is 0 Å². The SMILES string of the molecule is CCN1CCN(C(=O)C2CCC(CNC(=O)CNC(=O)c3ccccc3)CC2)CC1. The van der Waals surface area contributed by atoms with Gasteiger partial charge in [0.2, 0.25) is 11.8 Å². The first-order valence-electron chi connectivity index (χ1n) is 11.2. The second-order valence-electron chi connectivity index (χ2n) is 8.33. The van der Waals surface area contributed by atoms with Gasteiger partial charge in [-0.2, -0.15) is 0 Å². The summed E-state index contributed by atoms with van der Waals surface area (Å²) in [5.41, 5.74) is 0.546. The number of hydrogen-bond donors (Lipinski definition) is 2. The smallest absolute Gasteiger partial charge is 0.251 e. The van der Waals surface area contributed by atoms with E-state index in [-0.39, 0.29) is 24.3 Å². The van der Waals surface area contributed by atoms with E-state index in [1.165, 1.54) is 0 Å². The standard InChI is InChI=1S/C23H34N4O3/c1-2-26-12-14-27(15-13-26)23(30)20-10-8-18(9-11-20)16-24-21(28)17-25-22(29)19-6-4-3-5-7-19/h3-7,18,20H,2,8-17H2,1H3,(H,24,28)(H,25,29). The highest BCUT2D eigenvalue weighted by molar-refractivity contribution is 5.96. The average Bonchev–Trinajstić information content (AvgIpc) is 2.81. The second kappa shape index (κ2) is 11.1. The largest absolute Gasteiger partial charge is 0.354 e. The van der Waals surface area contributed by atoms with Crippen molar-refractivity contribution >= 4 is 17.7 Å². The molecule has 0 atom stereocenters. The van der Waals surface area contributed by atoms with Gasteiger partial charge in [0, 0.05) is 44.2 Å². The van der Waals surface area contributed by atoms with Crippen molar-refractivity contribution in [3.63, 3.8) is 0 Å². The Balaban J connectivity index is 1.31. The Kier molecular flexibility index (Phi) is 8.25. The number of carbonyl (C=O) groups excluding carboxylic acids is 3. The molecule has 0 aromatic heterocycles. The van der Waals surface area contributed by atoms with Crippen LogP contribution in [-0.4, -0.2) is 73.3 Å². The summed E-state index contributed by atoms with van der Waals surface area (Å²) in [5.74, 6) is 0.433. The first-order valence-corrected chi connectivity index (χ1v) is 11.2. The number of likely N-dealkylation sites (N-methyl/N-ethyl adjacent to an activating group) is 1. The fraction of sp³-hybridized carbons (Fsp3) is 0.609. The summed E-state index contributed by atoms with van der Waals surface area (Å²) in [4.78, 5) is 41.3. The predicted octanol–water partition coefficient (Wildman–Crippen LogP) is 1.50. The number of carbonyl (C=O) groups is 3. The monoisotopic (exact) mass is 414 g/mol. The van der Waals surface area contributed by atoms with E-state index < -0.39 is 0 Å². The van der Waals surface area contributed by atoms with E-state index in [0.717, 1.165) is 58.4 Å². The number of piperazine rings is 1. The van der Waals surface area contributed by atoms with Crippen molar-refractivity contribution in [1.82, 2.24) is 20.4 Å². The highest BCUT2D eigenvalue weighted by Crippen LogP contribution is 2.30. The Bertz CT molecular complexity index is 708. The summed E-state index contributed by atoms with van der Waals surface area (Å²) in [6, 6.07) is 8.87. The van der Waals surface area contributed by atoms with Gasteiger partial charge in [-0.1, -0.05) is 25.1 Å². The van der Waals surface area contributed by atoms with E-state index in [1.807, 2.05) is 11.0 Å². The van der Waals surface area contributed by atoms with Crippen molar-refractivity contribution in [2.45, 2.75) is 32.6 Å². The van der Waals surface area contributed by atoms with Gasteiger partial charge in [-0.15, -0.1) is 0 Å². The second-order valence-corrected chi connectivity index (χ2v) is 8.33. The molecule has 30 heavy (non-hydrogen) atoms. The lowest BCUT2D eigenvalue weighted by Gasteiger charge is -2.37. The minimum Gasteiger partial charge on any atom is -0.354 e. The molecule has 7 nitrogen and oxygen atoms in total. The lowest BCUT2D eigenvalue weighted by atomic mass is 9.81. The molecule has 1 aliphatic carbocycles. The van der Waals surface area contributed by atoms with E-state index in [2.05, 4.69) is 22.5 Å². The number of amides is 3. The molecule has 3 amide bonds. The number of nitrogens with one attached hydrogen (secondary N) is 2. The number of nitrogens with zero attached hydrogens (tertiary/aromatic N) is 2. The number of rotatable bonds is 7. The molecule has 7 heteroatoms. The Morgan fingerprint density at radius 2 is 1.60 bits per heavy atom. The maximum atomic E-state index is 12.8. The molecule has 1 aromatic rings. The molecule has 3 rings (SSSR count). The zero-order chi connectivity index (χ0) is 21.3. The van der Waals surface area contributed by atoms with Crippen LogP contribution < -0.4 is 10.6 Å². The minimum atomic E-state index is -0.246. The lowest BCUT2D eigenvalue weighted by Crippen LogP contribution is -2.50. The maximum Gasteiger partial charge on any atom is 0.251 e. The van der Waals surface area contributed by atoms with Gasteiger partial charge in [0.1, 0.15) is 0 Å². The van der Waals surface area contributed by atoms with Crippen molar-refractivity contribution in [2.75, 3.05) is 45.8 Å². The van der Waals surface area contributed by atoms with Crippen molar-refractivity contribution in [2.24, 2.45) is 11.8 Å². The van der Waals surface area contributed by atoms with E-state index >= 15 is 0 Å². The summed E-state index contributed by atoms with van der Waals surface area (Å²) in [5, 5.41) is 5.57. The average molecular weight is 415 g/mol. The molecule has 1 saturated carbocycles. The normalized spacial score (nSPS) is 22.4.